The Labute approximate surface area is 120 Å². The fraction of sp³-hybridized carbons (Fsp3) is 0.438. The van der Waals surface area contributed by atoms with E-state index in [0.29, 0.717) is 12.5 Å². The van der Waals surface area contributed by atoms with Crippen LogP contribution in [-0.4, -0.2) is 23.6 Å². The van der Waals surface area contributed by atoms with Gasteiger partial charge in [0.2, 0.25) is 0 Å². The molecule has 108 valence electrons. The van der Waals surface area contributed by atoms with Gasteiger partial charge in [-0.2, -0.15) is 0 Å². The first-order chi connectivity index (χ1) is 9.56. The van der Waals surface area contributed by atoms with E-state index in [0.717, 1.165) is 34.9 Å². The monoisotopic (exact) mass is 273 g/mol. The Morgan fingerprint density at radius 2 is 2.10 bits per heavy atom. The lowest BCUT2D eigenvalue weighted by Gasteiger charge is -2.13. The van der Waals surface area contributed by atoms with E-state index in [9.17, 15) is 0 Å². The maximum atomic E-state index is 5.67. The average molecular weight is 273 g/mol. The molecular weight excluding hydrogens is 250 g/mol. The number of nitrogens with two attached hydrogens (primary N) is 1. The summed E-state index contributed by atoms with van der Waals surface area (Å²) >= 11 is 0. The molecule has 4 heteroatoms. The predicted molar refractivity (Wildman–Crippen MR) is 82.2 cm³/mol. The second-order valence-corrected chi connectivity index (χ2v) is 5.30. The Morgan fingerprint density at radius 3 is 2.70 bits per heavy atom. The van der Waals surface area contributed by atoms with Crippen LogP contribution in [0.25, 0.3) is 11.3 Å². The average Bonchev–Trinajstić information content (AvgIpc) is 2.79. The molecule has 1 aromatic carbocycles. The predicted octanol–water partition coefficient (Wildman–Crippen LogP) is 3.02. The van der Waals surface area contributed by atoms with Gasteiger partial charge in [0, 0.05) is 17.7 Å². The van der Waals surface area contributed by atoms with Crippen molar-refractivity contribution in [2.45, 2.75) is 33.1 Å². The lowest BCUT2D eigenvalue weighted by molar-refractivity contribution is 0.407. The van der Waals surface area contributed by atoms with Crippen molar-refractivity contribution in [3.63, 3.8) is 0 Å². The third-order valence-corrected chi connectivity index (χ3v) is 3.42. The van der Waals surface area contributed by atoms with Crippen molar-refractivity contribution >= 4 is 0 Å². The number of aromatic amines is 1. The van der Waals surface area contributed by atoms with Gasteiger partial charge < -0.3 is 15.5 Å². The van der Waals surface area contributed by atoms with Gasteiger partial charge in [0.1, 0.15) is 11.6 Å². The minimum atomic E-state index is 0.405. The number of nitrogens with zero attached hydrogens (tertiary/aromatic N) is 1. The number of rotatable bonds is 5. The maximum absolute atomic E-state index is 5.67. The Bertz CT molecular complexity index is 587. The number of benzene rings is 1. The fourth-order valence-corrected chi connectivity index (χ4v) is 2.44. The number of hydrogen-bond acceptors (Lipinski definition) is 3. The molecule has 0 aliphatic heterocycles. The highest BCUT2D eigenvalue weighted by Gasteiger charge is 2.14. The Kier molecular flexibility index (Phi) is 4.45. The lowest BCUT2D eigenvalue weighted by atomic mass is 9.97. The third kappa shape index (κ3) is 2.85. The number of imidazole rings is 1. The fourth-order valence-electron chi connectivity index (χ4n) is 2.44. The summed E-state index contributed by atoms with van der Waals surface area (Å²) < 4.78 is 5.43. The summed E-state index contributed by atoms with van der Waals surface area (Å²) in [6, 6.07) is 6.24. The summed E-state index contributed by atoms with van der Waals surface area (Å²) in [6.07, 6.45) is 0.805. The topological polar surface area (TPSA) is 63.9 Å². The van der Waals surface area contributed by atoms with Gasteiger partial charge >= 0.3 is 0 Å². The van der Waals surface area contributed by atoms with Crippen molar-refractivity contribution < 1.29 is 4.74 Å². The lowest BCUT2D eigenvalue weighted by Crippen LogP contribution is -2.04. The number of aromatic nitrogens is 2. The minimum Gasteiger partial charge on any atom is -0.496 e. The number of methoxy groups -OCH3 is 1. The third-order valence-electron chi connectivity index (χ3n) is 3.42. The number of ether oxygens (including phenoxy) is 1. The number of aryl methyl sites for hydroxylation is 1. The van der Waals surface area contributed by atoms with Crippen LogP contribution in [0.2, 0.25) is 0 Å². The zero-order valence-electron chi connectivity index (χ0n) is 12.7. The molecule has 0 radical (unpaired) electrons. The van der Waals surface area contributed by atoms with Crippen LogP contribution in [-0.2, 0) is 6.42 Å². The van der Waals surface area contributed by atoms with Crippen molar-refractivity contribution in [2.75, 3.05) is 13.7 Å². The SMILES string of the molecule is COc1ccc(-c2nc(C)[nH]c2CCN)cc1C(C)C. The van der Waals surface area contributed by atoms with E-state index < -0.39 is 0 Å². The molecule has 4 nitrogen and oxygen atoms in total. The zero-order chi connectivity index (χ0) is 14.7. The van der Waals surface area contributed by atoms with E-state index in [4.69, 9.17) is 10.5 Å². The molecule has 0 aliphatic carbocycles. The molecule has 2 rings (SSSR count). The maximum Gasteiger partial charge on any atom is 0.122 e. The van der Waals surface area contributed by atoms with Gasteiger partial charge in [-0.3, -0.25) is 0 Å². The molecule has 0 saturated carbocycles. The molecule has 0 unspecified atom stereocenters. The molecule has 0 aliphatic rings. The molecule has 3 N–H and O–H groups in total. The Morgan fingerprint density at radius 1 is 1.35 bits per heavy atom. The van der Waals surface area contributed by atoms with E-state index in [-0.39, 0.29) is 0 Å². The van der Waals surface area contributed by atoms with Crippen LogP contribution < -0.4 is 10.5 Å². The largest absolute Gasteiger partial charge is 0.496 e. The Balaban J connectivity index is 2.50. The van der Waals surface area contributed by atoms with Gasteiger partial charge in [-0.15, -0.1) is 0 Å². The zero-order valence-corrected chi connectivity index (χ0v) is 12.7. The summed E-state index contributed by atoms with van der Waals surface area (Å²) in [5.74, 6) is 2.25. The van der Waals surface area contributed by atoms with Crippen LogP contribution in [0.4, 0.5) is 0 Å². The molecule has 1 heterocycles. The first-order valence-corrected chi connectivity index (χ1v) is 7.00. The molecule has 0 spiro atoms. The van der Waals surface area contributed by atoms with Crippen molar-refractivity contribution in [3.05, 3.63) is 35.3 Å². The van der Waals surface area contributed by atoms with E-state index in [2.05, 4.69) is 35.9 Å². The summed E-state index contributed by atoms with van der Waals surface area (Å²) in [5.41, 5.74) is 10.1. The number of nitrogens with one attached hydrogen (secondary N) is 1. The molecule has 0 atom stereocenters. The molecule has 0 fully saturated rings. The van der Waals surface area contributed by atoms with Crippen molar-refractivity contribution in [1.82, 2.24) is 9.97 Å². The summed E-state index contributed by atoms with van der Waals surface area (Å²) in [4.78, 5) is 7.90. The normalized spacial score (nSPS) is 11.1. The minimum absolute atomic E-state index is 0.405. The van der Waals surface area contributed by atoms with E-state index >= 15 is 0 Å². The van der Waals surface area contributed by atoms with Gasteiger partial charge in [-0.05, 0) is 43.1 Å². The van der Waals surface area contributed by atoms with Gasteiger partial charge in [0.15, 0.2) is 0 Å². The van der Waals surface area contributed by atoms with Crippen LogP contribution in [0.1, 0.15) is 36.8 Å². The highest BCUT2D eigenvalue weighted by molar-refractivity contribution is 5.65. The molecule has 2 aromatic rings. The molecular formula is C16H23N3O. The molecule has 0 saturated heterocycles. The van der Waals surface area contributed by atoms with E-state index in [1.165, 1.54) is 5.56 Å². The van der Waals surface area contributed by atoms with Gasteiger partial charge in [0.05, 0.1) is 12.8 Å². The van der Waals surface area contributed by atoms with Crippen LogP contribution in [0, 0.1) is 6.92 Å². The van der Waals surface area contributed by atoms with Crippen LogP contribution in [0.15, 0.2) is 18.2 Å². The van der Waals surface area contributed by atoms with E-state index in [1.54, 1.807) is 7.11 Å². The standard InChI is InChI=1S/C16H23N3O/c1-10(2)13-9-12(5-6-15(13)20-4)16-14(7-8-17)18-11(3)19-16/h5-6,9-10H,7-8,17H2,1-4H3,(H,18,19). The van der Waals surface area contributed by atoms with Crippen molar-refractivity contribution in [3.8, 4) is 17.0 Å². The van der Waals surface area contributed by atoms with Crippen LogP contribution >= 0.6 is 0 Å². The number of hydrogen-bond donors (Lipinski definition) is 2. The first kappa shape index (κ1) is 14.6. The first-order valence-electron chi connectivity index (χ1n) is 7.00. The molecule has 0 bridgehead atoms. The quantitative estimate of drug-likeness (QED) is 0.880. The smallest absolute Gasteiger partial charge is 0.122 e. The van der Waals surface area contributed by atoms with Crippen LogP contribution in [0.3, 0.4) is 0 Å². The number of H-pyrrole nitrogens is 1. The second-order valence-electron chi connectivity index (χ2n) is 5.30. The summed E-state index contributed by atoms with van der Waals surface area (Å²) in [5, 5.41) is 0. The van der Waals surface area contributed by atoms with Crippen molar-refractivity contribution in [1.29, 1.82) is 0 Å². The Hall–Kier alpha value is -1.81. The summed E-state index contributed by atoms with van der Waals surface area (Å²) in [7, 11) is 1.71. The van der Waals surface area contributed by atoms with E-state index in [1.807, 2.05) is 13.0 Å². The van der Waals surface area contributed by atoms with Gasteiger partial charge in [-0.25, -0.2) is 4.98 Å². The van der Waals surface area contributed by atoms with Gasteiger partial charge in [0.25, 0.3) is 0 Å². The second kappa shape index (κ2) is 6.09. The highest BCUT2D eigenvalue weighted by Crippen LogP contribution is 2.32. The molecule has 0 amide bonds. The van der Waals surface area contributed by atoms with Crippen LogP contribution in [0.5, 0.6) is 5.75 Å². The highest BCUT2D eigenvalue weighted by atomic mass is 16.5. The molecule has 1 aromatic heterocycles. The molecule has 20 heavy (non-hydrogen) atoms. The van der Waals surface area contributed by atoms with Crippen molar-refractivity contribution in [2.24, 2.45) is 5.73 Å². The summed E-state index contributed by atoms with van der Waals surface area (Å²) in [6.45, 7) is 6.91. The van der Waals surface area contributed by atoms with Gasteiger partial charge in [-0.1, -0.05) is 13.8 Å².